The van der Waals surface area contributed by atoms with E-state index in [4.69, 9.17) is 0 Å². The van der Waals surface area contributed by atoms with E-state index in [0.29, 0.717) is 19.3 Å². The summed E-state index contributed by atoms with van der Waals surface area (Å²) in [7, 11) is -4.14. The Bertz CT molecular complexity index is 1320. The van der Waals surface area contributed by atoms with E-state index in [9.17, 15) is 26.8 Å². The zero-order chi connectivity index (χ0) is 20.8. The molecule has 0 spiro atoms. The van der Waals surface area contributed by atoms with Crippen molar-refractivity contribution in [2.75, 3.05) is 6.54 Å². The number of H-pyrrole nitrogens is 2. The first-order valence-corrected chi connectivity index (χ1v) is 10.3. The molecule has 4 rings (SSSR count). The van der Waals surface area contributed by atoms with E-state index in [1.54, 1.807) is 0 Å². The lowest BCUT2D eigenvalue weighted by Crippen LogP contribution is -2.39. The largest absolute Gasteiger partial charge is 0.327 e. The minimum atomic E-state index is -4.14. The quantitative estimate of drug-likeness (QED) is 0.668. The highest BCUT2D eigenvalue weighted by atomic mass is 32.2. The Labute approximate surface area is 163 Å². The van der Waals surface area contributed by atoms with Gasteiger partial charge in [-0.25, -0.2) is 27.0 Å². The highest BCUT2D eigenvalue weighted by molar-refractivity contribution is 7.89. The molecule has 1 fully saturated rings. The third-order valence-corrected chi connectivity index (χ3v) is 6.82. The van der Waals surface area contributed by atoms with E-state index in [2.05, 4.69) is 9.97 Å². The summed E-state index contributed by atoms with van der Waals surface area (Å²) >= 11 is 0. The van der Waals surface area contributed by atoms with Gasteiger partial charge in [0.15, 0.2) is 0 Å². The number of fused-ring (bicyclic) bond motifs is 1. The van der Waals surface area contributed by atoms with Crippen LogP contribution in [0.15, 0.2) is 44.9 Å². The zero-order valence-electron chi connectivity index (χ0n) is 15.0. The summed E-state index contributed by atoms with van der Waals surface area (Å²) in [6.45, 7) is 0.143. The highest BCUT2D eigenvalue weighted by Gasteiger charge is 2.36. The second-order valence-corrected chi connectivity index (χ2v) is 8.66. The molecule has 0 saturated carbocycles. The monoisotopic (exact) mass is 422 g/mol. The van der Waals surface area contributed by atoms with E-state index in [1.807, 2.05) is 4.98 Å². The van der Waals surface area contributed by atoms with Crippen LogP contribution in [-0.4, -0.2) is 34.2 Å². The maximum atomic E-state index is 14.3. The van der Waals surface area contributed by atoms with Crippen molar-refractivity contribution in [3.8, 4) is 0 Å². The third kappa shape index (κ3) is 3.47. The molecule has 1 aliphatic rings. The second-order valence-electron chi connectivity index (χ2n) is 6.77. The predicted molar refractivity (Wildman–Crippen MR) is 99.8 cm³/mol. The molecule has 3 heterocycles. The van der Waals surface area contributed by atoms with Crippen molar-refractivity contribution < 1.29 is 17.2 Å². The molecule has 3 aromatic rings. The zero-order valence-corrected chi connectivity index (χ0v) is 15.8. The van der Waals surface area contributed by atoms with Crippen LogP contribution in [0.2, 0.25) is 0 Å². The van der Waals surface area contributed by atoms with Gasteiger partial charge in [0.25, 0.3) is 5.56 Å². The van der Waals surface area contributed by atoms with Crippen LogP contribution in [0.3, 0.4) is 0 Å². The van der Waals surface area contributed by atoms with Crippen LogP contribution in [0.25, 0.3) is 11.0 Å². The van der Waals surface area contributed by atoms with Crippen molar-refractivity contribution in [3.63, 3.8) is 0 Å². The molecule has 11 heteroatoms. The maximum Gasteiger partial charge on any atom is 0.327 e. The number of hydrogen-bond donors (Lipinski definition) is 2. The number of nitrogens with one attached hydrogen (secondary N) is 2. The lowest BCUT2D eigenvalue weighted by Gasteiger charge is -2.35. The predicted octanol–water partition coefficient (Wildman–Crippen LogP) is 1.81. The number of aromatic nitrogens is 3. The van der Waals surface area contributed by atoms with Crippen molar-refractivity contribution >= 4 is 21.1 Å². The van der Waals surface area contributed by atoms with Crippen LogP contribution >= 0.6 is 0 Å². The van der Waals surface area contributed by atoms with E-state index >= 15 is 0 Å². The summed E-state index contributed by atoms with van der Waals surface area (Å²) < 4.78 is 55.3. The van der Waals surface area contributed by atoms with Crippen molar-refractivity contribution in [2.24, 2.45) is 0 Å². The number of pyridine rings is 1. The van der Waals surface area contributed by atoms with E-state index in [0.717, 1.165) is 28.7 Å². The highest BCUT2D eigenvalue weighted by Crippen LogP contribution is 2.36. The maximum absolute atomic E-state index is 14.3. The Morgan fingerprint density at radius 2 is 1.90 bits per heavy atom. The molecule has 1 aromatic carbocycles. The van der Waals surface area contributed by atoms with Crippen LogP contribution in [-0.2, 0) is 10.0 Å². The fourth-order valence-electron chi connectivity index (χ4n) is 3.58. The lowest BCUT2D eigenvalue weighted by molar-refractivity contribution is 0.250. The average molecular weight is 422 g/mol. The first-order chi connectivity index (χ1) is 13.8. The van der Waals surface area contributed by atoms with Crippen LogP contribution in [0.1, 0.15) is 30.9 Å². The van der Waals surface area contributed by atoms with Gasteiger partial charge < -0.3 is 0 Å². The Morgan fingerprint density at radius 3 is 2.66 bits per heavy atom. The number of rotatable bonds is 3. The van der Waals surface area contributed by atoms with Crippen LogP contribution in [0.5, 0.6) is 0 Å². The Morgan fingerprint density at radius 1 is 1.10 bits per heavy atom. The van der Waals surface area contributed by atoms with E-state index in [-0.39, 0.29) is 28.0 Å². The SMILES string of the molecule is O=c1[nH]c(=O)c2cc(S(=O)(=O)N3CCCCC3c3ccc(F)cc3F)cnc2[nH]1. The smallest absolute Gasteiger partial charge is 0.291 e. The van der Waals surface area contributed by atoms with E-state index < -0.39 is 38.9 Å². The fourth-order valence-corrected chi connectivity index (χ4v) is 5.23. The lowest BCUT2D eigenvalue weighted by atomic mass is 9.97. The fraction of sp³-hybridized carbons (Fsp3) is 0.278. The second kappa shape index (κ2) is 7.16. The van der Waals surface area contributed by atoms with Gasteiger partial charge in [0.05, 0.1) is 11.4 Å². The average Bonchev–Trinajstić information content (AvgIpc) is 2.67. The summed E-state index contributed by atoms with van der Waals surface area (Å²) in [4.78, 5) is 31.3. The molecule has 0 bridgehead atoms. The summed E-state index contributed by atoms with van der Waals surface area (Å²) in [5, 5.41) is -0.0906. The number of hydrogen-bond acceptors (Lipinski definition) is 5. The van der Waals surface area contributed by atoms with Crippen molar-refractivity contribution in [1.82, 2.24) is 19.3 Å². The van der Waals surface area contributed by atoms with Gasteiger partial charge >= 0.3 is 5.69 Å². The molecule has 8 nitrogen and oxygen atoms in total. The summed E-state index contributed by atoms with van der Waals surface area (Å²) in [5.74, 6) is -1.56. The molecular weight excluding hydrogens is 406 g/mol. The molecule has 0 aliphatic carbocycles. The van der Waals surface area contributed by atoms with Crippen LogP contribution in [0.4, 0.5) is 8.78 Å². The molecule has 1 atom stereocenters. The Hall–Kier alpha value is -2.92. The van der Waals surface area contributed by atoms with Crippen molar-refractivity contribution in [1.29, 1.82) is 0 Å². The summed E-state index contributed by atoms with van der Waals surface area (Å²) in [6, 6.07) is 3.38. The number of aromatic amines is 2. The minimum Gasteiger partial charge on any atom is -0.291 e. The first-order valence-electron chi connectivity index (χ1n) is 8.86. The molecule has 2 aromatic heterocycles. The van der Waals surface area contributed by atoms with Gasteiger partial charge in [-0.15, -0.1) is 0 Å². The van der Waals surface area contributed by atoms with Gasteiger partial charge in [0, 0.05) is 24.4 Å². The summed E-state index contributed by atoms with van der Waals surface area (Å²) in [5.41, 5.74) is -1.48. The summed E-state index contributed by atoms with van der Waals surface area (Å²) in [6.07, 6.45) is 2.67. The van der Waals surface area contributed by atoms with Gasteiger partial charge in [-0.2, -0.15) is 4.31 Å². The van der Waals surface area contributed by atoms with Crippen molar-refractivity contribution in [3.05, 3.63) is 68.5 Å². The normalized spacial score (nSPS) is 18.2. The number of piperidine rings is 1. The molecule has 2 N–H and O–H groups in total. The number of benzene rings is 1. The van der Waals surface area contributed by atoms with E-state index in [1.165, 1.54) is 6.07 Å². The van der Waals surface area contributed by atoms with Gasteiger partial charge in [0.1, 0.15) is 22.2 Å². The topological polar surface area (TPSA) is 116 Å². The van der Waals surface area contributed by atoms with Gasteiger partial charge in [0.2, 0.25) is 10.0 Å². The first kappa shape index (κ1) is 19.4. The minimum absolute atomic E-state index is 0.0440. The Balaban J connectivity index is 1.81. The molecule has 29 heavy (non-hydrogen) atoms. The van der Waals surface area contributed by atoms with Crippen molar-refractivity contribution in [2.45, 2.75) is 30.2 Å². The number of sulfonamides is 1. The standard InChI is InChI=1S/C18H16F2N4O4S/c19-10-4-5-12(14(20)7-10)15-3-1-2-6-24(15)29(27,28)11-8-13-16(21-9-11)22-18(26)23-17(13)25/h4-5,7-9,15H,1-3,6H2,(H2,21,22,23,25,26). The third-order valence-electron chi connectivity index (χ3n) is 4.95. The molecule has 1 aliphatic heterocycles. The molecule has 1 saturated heterocycles. The van der Waals surface area contributed by atoms with Crippen LogP contribution < -0.4 is 11.2 Å². The van der Waals surface area contributed by atoms with Gasteiger partial charge in [-0.1, -0.05) is 12.5 Å². The molecule has 0 radical (unpaired) electrons. The van der Waals surface area contributed by atoms with Gasteiger partial charge in [-0.05, 0) is 25.0 Å². The molecular formula is C18H16F2N4O4S. The van der Waals surface area contributed by atoms with Gasteiger partial charge in [-0.3, -0.25) is 14.8 Å². The molecule has 1 unspecified atom stereocenters. The Kier molecular flexibility index (Phi) is 4.79. The molecule has 0 amide bonds. The number of halogens is 2. The van der Waals surface area contributed by atoms with Crippen LogP contribution in [0, 0.1) is 11.6 Å². The number of nitrogens with zero attached hydrogens (tertiary/aromatic N) is 2. The molecule has 152 valence electrons.